The molecule has 31 heavy (non-hydrogen) atoms. The number of anilines is 2. The number of amides is 3. The summed E-state index contributed by atoms with van der Waals surface area (Å²) in [4.78, 5) is 27.1. The number of carbonyl (C=O) groups is 2. The van der Waals surface area contributed by atoms with Crippen LogP contribution in [0.2, 0.25) is 0 Å². The van der Waals surface area contributed by atoms with Crippen LogP contribution in [0.4, 0.5) is 16.2 Å². The minimum Gasteiger partial charge on any atom is -0.324 e. The van der Waals surface area contributed by atoms with Crippen LogP contribution in [0.5, 0.6) is 0 Å². The van der Waals surface area contributed by atoms with Gasteiger partial charge in [0.05, 0.1) is 0 Å². The highest BCUT2D eigenvalue weighted by Gasteiger charge is 2.28. The predicted molar refractivity (Wildman–Crippen MR) is 123 cm³/mol. The summed E-state index contributed by atoms with van der Waals surface area (Å²) < 4.78 is 0. The molecule has 0 aliphatic carbocycles. The van der Waals surface area contributed by atoms with E-state index in [0.29, 0.717) is 18.1 Å². The van der Waals surface area contributed by atoms with Gasteiger partial charge in [0.2, 0.25) is 5.01 Å². The topological polar surface area (TPSA) is 87.2 Å². The van der Waals surface area contributed by atoms with Gasteiger partial charge in [-0.15, -0.1) is 10.2 Å². The summed E-state index contributed by atoms with van der Waals surface area (Å²) >= 11 is 1.30. The number of piperidine rings is 1. The van der Waals surface area contributed by atoms with Gasteiger partial charge in [-0.25, -0.2) is 4.79 Å². The summed E-state index contributed by atoms with van der Waals surface area (Å²) in [6.45, 7) is 5.29. The Bertz CT molecular complexity index is 1060. The second kappa shape index (κ2) is 9.26. The van der Waals surface area contributed by atoms with Crippen LogP contribution in [-0.4, -0.2) is 40.1 Å². The first-order valence-corrected chi connectivity index (χ1v) is 11.1. The maximum absolute atomic E-state index is 12.8. The number of hydrogen-bond acceptors (Lipinski definition) is 5. The summed E-state index contributed by atoms with van der Waals surface area (Å²) in [5.41, 5.74) is 3.75. The molecule has 160 valence electrons. The van der Waals surface area contributed by atoms with E-state index in [-0.39, 0.29) is 17.9 Å². The number of para-hydroxylation sites is 1. The Morgan fingerprint density at radius 3 is 2.48 bits per heavy atom. The van der Waals surface area contributed by atoms with Gasteiger partial charge >= 0.3 is 6.03 Å². The van der Waals surface area contributed by atoms with Crippen molar-refractivity contribution in [3.63, 3.8) is 0 Å². The Hall–Kier alpha value is -3.26. The Morgan fingerprint density at radius 2 is 1.74 bits per heavy atom. The second-order valence-corrected chi connectivity index (χ2v) is 8.87. The lowest BCUT2D eigenvalue weighted by molar-refractivity contribution is 0.102. The largest absolute Gasteiger partial charge is 0.324 e. The molecule has 7 nitrogen and oxygen atoms in total. The Labute approximate surface area is 185 Å². The van der Waals surface area contributed by atoms with Gasteiger partial charge in [-0.1, -0.05) is 35.6 Å². The average Bonchev–Trinajstić information content (AvgIpc) is 3.24. The number of benzene rings is 2. The molecule has 1 aliphatic rings. The first-order chi connectivity index (χ1) is 15.0. The van der Waals surface area contributed by atoms with Gasteiger partial charge in [-0.2, -0.15) is 0 Å². The zero-order chi connectivity index (χ0) is 21.8. The number of likely N-dealkylation sites (tertiary alicyclic amines) is 1. The van der Waals surface area contributed by atoms with Gasteiger partial charge in [0.25, 0.3) is 5.91 Å². The molecule has 0 radical (unpaired) electrons. The highest BCUT2D eigenvalue weighted by atomic mass is 32.1. The molecule has 0 spiro atoms. The zero-order valence-corrected chi connectivity index (χ0v) is 18.4. The number of aromatic nitrogens is 2. The molecule has 8 heteroatoms. The lowest BCUT2D eigenvalue weighted by Crippen LogP contribution is -2.41. The van der Waals surface area contributed by atoms with Crippen molar-refractivity contribution in [2.75, 3.05) is 23.7 Å². The second-order valence-electron chi connectivity index (χ2n) is 7.86. The normalized spacial score (nSPS) is 16.1. The molecule has 1 aliphatic heterocycles. The van der Waals surface area contributed by atoms with Crippen molar-refractivity contribution in [3.05, 3.63) is 69.7 Å². The van der Waals surface area contributed by atoms with Crippen LogP contribution in [0.1, 0.15) is 44.7 Å². The van der Waals surface area contributed by atoms with Crippen molar-refractivity contribution in [3.8, 4) is 0 Å². The predicted octanol–water partition coefficient (Wildman–Crippen LogP) is 4.82. The number of carbonyl (C=O) groups excluding carboxylic acids is 2. The minimum atomic E-state index is -0.268. The van der Waals surface area contributed by atoms with Gasteiger partial charge in [0.15, 0.2) is 0 Å². The number of hydrogen-bond donors (Lipinski definition) is 2. The third kappa shape index (κ3) is 5.27. The molecule has 1 fully saturated rings. The molecule has 1 atom stereocenters. The Balaban J connectivity index is 1.39. The summed E-state index contributed by atoms with van der Waals surface area (Å²) in [6, 6.07) is 15.2. The van der Waals surface area contributed by atoms with Crippen molar-refractivity contribution in [1.82, 2.24) is 15.1 Å². The molecule has 0 bridgehead atoms. The monoisotopic (exact) mass is 435 g/mol. The molecule has 4 rings (SSSR count). The van der Waals surface area contributed by atoms with E-state index < -0.39 is 0 Å². The highest BCUT2D eigenvalue weighted by Crippen LogP contribution is 2.30. The maximum Gasteiger partial charge on any atom is 0.321 e. The number of nitrogens with one attached hydrogen (secondary N) is 2. The van der Waals surface area contributed by atoms with Crippen molar-refractivity contribution in [2.45, 2.75) is 32.6 Å². The van der Waals surface area contributed by atoms with E-state index in [1.54, 1.807) is 0 Å². The summed E-state index contributed by atoms with van der Waals surface area (Å²) in [5, 5.41) is 15.3. The fraction of sp³-hybridized carbons (Fsp3) is 0.304. The van der Waals surface area contributed by atoms with Crippen molar-refractivity contribution in [1.29, 1.82) is 0 Å². The van der Waals surface area contributed by atoms with Crippen LogP contribution in [0.3, 0.4) is 0 Å². The molecule has 1 saturated heterocycles. The molecule has 2 aromatic carbocycles. The summed E-state index contributed by atoms with van der Waals surface area (Å²) in [6.07, 6.45) is 1.80. The quantitative estimate of drug-likeness (QED) is 0.615. The molecular formula is C23H25N5O2S. The number of nitrogens with zero attached hydrogens (tertiary/aromatic N) is 3. The minimum absolute atomic E-state index is 0.0783. The van der Waals surface area contributed by atoms with Crippen molar-refractivity contribution in [2.24, 2.45) is 0 Å². The van der Waals surface area contributed by atoms with E-state index in [9.17, 15) is 9.59 Å². The SMILES string of the molecule is Cc1cc(C)cc(NC(=O)N2CCC[C@@H](c3nnc(C(=O)Nc4ccccc4)s3)C2)c1. The van der Waals surface area contributed by atoms with Crippen molar-refractivity contribution < 1.29 is 9.59 Å². The Kier molecular flexibility index (Phi) is 6.27. The molecule has 3 amide bonds. The number of aryl methyl sites for hydroxylation is 2. The van der Waals surface area contributed by atoms with Gasteiger partial charge in [-0.3, -0.25) is 4.79 Å². The van der Waals surface area contributed by atoms with Crippen LogP contribution in [-0.2, 0) is 0 Å². The van der Waals surface area contributed by atoms with E-state index in [4.69, 9.17) is 0 Å². The Morgan fingerprint density at radius 1 is 1.00 bits per heavy atom. The lowest BCUT2D eigenvalue weighted by Gasteiger charge is -2.31. The first-order valence-electron chi connectivity index (χ1n) is 10.3. The van der Waals surface area contributed by atoms with Gasteiger partial charge in [-0.05, 0) is 62.1 Å². The fourth-order valence-corrected chi connectivity index (χ4v) is 4.67. The molecule has 0 saturated carbocycles. The van der Waals surface area contributed by atoms with E-state index in [2.05, 4.69) is 26.9 Å². The average molecular weight is 436 g/mol. The van der Waals surface area contributed by atoms with Gasteiger partial charge in [0.1, 0.15) is 5.01 Å². The van der Waals surface area contributed by atoms with Gasteiger partial charge < -0.3 is 15.5 Å². The van der Waals surface area contributed by atoms with E-state index in [1.165, 1.54) is 11.3 Å². The summed E-state index contributed by atoms with van der Waals surface area (Å²) in [7, 11) is 0. The molecule has 2 heterocycles. The third-order valence-electron chi connectivity index (χ3n) is 5.20. The van der Waals surface area contributed by atoms with Crippen LogP contribution < -0.4 is 10.6 Å². The van der Waals surface area contributed by atoms with Crippen molar-refractivity contribution >= 4 is 34.6 Å². The molecule has 1 aromatic heterocycles. The van der Waals surface area contributed by atoms with E-state index in [0.717, 1.165) is 40.4 Å². The molecule has 2 N–H and O–H groups in total. The van der Waals surface area contributed by atoms with Crippen LogP contribution >= 0.6 is 11.3 Å². The van der Waals surface area contributed by atoms with E-state index in [1.807, 2.05) is 61.2 Å². The fourth-order valence-electron chi connectivity index (χ4n) is 3.81. The maximum atomic E-state index is 12.8. The van der Waals surface area contributed by atoms with E-state index >= 15 is 0 Å². The molecule has 3 aromatic rings. The zero-order valence-electron chi connectivity index (χ0n) is 17.6. The van der Waals surface area contributed by atoms with Crippen LogP contribution in [0.25, 0.3) is 0 Å². The van der Waals surface area contributed by atoms with Gasteiger partial charge in [0, 0.05) is 30.4 Å². The number of rotatable bonds is 4. The van der Waals surface area contributed by atoms with Crippen LogP contribution in [0.15, 0.2) is 48.5 Å². The number of urea groups is 1. The standard InChI is InChI=1S/C23H25N5O2S/c1-15-11-16(2)13-19(12-15)25-23(30)28-10-6-7-17(14-28)21-26-27-22(31-21)20(29)24-18-8-4-3-5-9-18/h3-5,8-9,11-13,17H,6-7,10,14H2,1-2H3,(H,24,29)(H,25,30)/t17-/m1/s1. The smallest absolute Gasteiger partial charge is 0.321 e. The first kappa shape index (κ1) is 21.0. The molecular weight excluding hydrogens is 410 g/mol. The highest BCUT2D eigenvalue weighted by molar-refractivity contribution is 7.13. The third-order valence-corrected chi connectivity index (χ3v) is 6.28. The summed E-state index contributed by atoms with van der Waals surface area (Å²) in [5.74, 6) is -0.190. The lowest BCUT2D eigenvalue weighted by atomic mass is 9.99. The van der Waals surface area contributed by atoms with Crippen LogP contribution in [0, 0.1) is 13.8 Å². The molecule has 0 unspecified atom stereocenters.